The van der Waals surface area contributed by atoms with Gasteiger partial charge in [-0.05, 0) is 85.5 Å². The highest BCUT2D eigenvalue weighted by atomic mass is 16.5. The van der Waals surface area contributed by atoms with E-state index in [1.54, 1.807) is 6.08 Å². The monoisotopic (exact) mass is 430 g/mol. The van der Waals surface area contributed by atoms with Crippen LogP contribution in [0.5, 0.6) is 0 Å². The molecule has 0 bridgehead atoms. The number of esters is 1. The lowest BCUT2D eigenvalue weighted by atomic mass is 9.50. The average Bonchev–Trinajstić information content (AvgIpc) is 3.07. The number of ketones is 1. The molecule has 0 saturated heterocycles. The Bertz CT molecular complexity index is 680. The lowest BCUT2D eigenvalue weighted by molar-refractivity contribution is -0.149. The maximum atomic E-state index is 13.0. The summed E-state index contributed by atoms with van der Waals surface area (Å²) < 4.78 is 5.14. The fourth-order valence-corrected chi connectivity index (χ4v) is 7.92. The first-order valence-corrected chi connectivity index (χ1v) is 12.9. The van der Waals surface area contributed by atoms with E-state index in [0.717, 1.165) is 37.0 Å². The maximum absolute atomic E-state index is 13.0. The molecule has 0 aromatic rings. The van der Waals surface area contributed by atoms with Crippen LogP contribution in [0.1, 0.15) is 98.8 Å². The maximum Gasteiger partial charge on any atom is 0.305 e. The van der Waals surface area contributed by atoms with Gasteiger partial charge in [-0.3, -0.25) is 9.59 Å². The molecule has 3 aliphatic carbocycles. The third-order valence-corrected chi connectivity index (χ3v) is 9.75. The van der Waals surface area contributed by atoms with Crippen molar-refractivity contribution in [1.82, 2.24) is 0 Å². The predicted molar refractivity (Wildman–Crippen MR) is 127 cm³/mol. The van der Waals surface area contributed by atoms with Crippen molar-refractivity contribution < 1.29 is 14.3 Å². The Kier molecular flexibility index (Phi) is 7.75. The molecule has 0 spiro atoms. The van der Waals surface area contributed by atoms with Crippen molar-refractivity contribution in [3.8, 4) is 0 Å². The quantitative estimate of drug-likeness (QED) is 0.389. The van der Waals surface area contributed by atoms with E-state index in [4.69, 9.17) is 4.74 Å². The third-order valence-electron chi connectivity index (χ3n) is 9.75. The predicted octanol–water partition coefficient (Wildman–Crippen LogP) is 7.00. The molecule has 0 aromatic heterocycles. The number of methoxy groups -OCH3 is 1. The molecule has 3 aliphatic rings. The highest BCUT2D eigenvalue weighted by Gasteiger charge is 2.58. The third kappa shape index (κ3) is 4.81. The first-order valence-electron chi connectivity index (χ1n) is 12.9. The molecule has 2 saturated carbocycles. The van der Waals surface area contributed by atoms with Crippen LogP contribution in [0.15, 0.2) is 12.2 Å². The summed E-state index contributed by atoms with van der Waals surface area (Å²) in [5, 5.41) is 0. The number of carbonyl (C=O) groups is 2. The molecule has 0 heterocycles. The SMILES string of the molecule is COC(=O)CC1C(C2(C)CCC=CC2=O)CCC2(C)C(C(C)CCCC(C)C)CCC12. The van der Waals surface area contributed by atoms with Crippen molar-refractivity contribution in [2.75, 3.05) is 7.11 Å². The molecule has 0 aliphatic heterocycles. The topological polar surface area (TPSA) is 43.4 Å². The fourth-order valence-electron chi connectivity index (χ4n) is 7.92. The highest BCUT2D eigenvalue weighted by molar-refractivity contribution is 5.95. The van der Waals surface area contributed by atoms with E-state index in [1.165, 1.54) is 45.6 Å². The summed E-state index contributed by atoms with van der Waals surface area (Å²) in [6.07, 6.45) is 14.9. The van der Waals surface area contributed by atoms with E-state index in [-0.39, 0.29) is 34.4 Å². The lowest BCUT2D eigenvalue weighted by Gasteiger charge is -2.54. The van der Waals surface area contributed by atoms with Crippen LogP contribution in [0.25, 0.3) is 0 Å². The molecule has 2 fully saturated rings. The van der Waals surface area contributed by atoms with Crippen LogP contribution in [0.2, 0.25) is 0 Å². The number of rotatable bonds is 8. The van der Waals surface area contributed by atoms with Crippen molar-refractivity contribution in [2.45, 2.75) is 98.8 Å². The molecule has 3 heteroatoms. The zero-order chi connectivity index (χ0) is 22.8. The summed E-state index contributed by atoms with van der Waals surface area (Å²) in [6, 6.07) is 0. The molecule has 3 rings (SSSR count). The van der Waals surface area contributed by atoms with Gasteiger partial charge in [0.25, 0.3) is 0 Å². The molecular formula is C28H46O3. The average molecular weight is 431 g/mol. The van der Waals surface area contributed by atoms with Crippen molar-refractivity contribution in [3.05, 3.63) is 12.2 Å². The normalized spacial score (nSPS) is 38.9. The summed E-state index contributed by atoms with van der Waals surface area (Å²) in [4.78, 5) is 25.5. The molecule has 176 valence electrons. The van der Waals surface area contributed by atoms with Gasteiger partial charge >= 0.3 is 5.97 Å². The Balaban J connectivity index is 1.83. The minimum atomic E-state index is -0.324. The molecule has 7 atom stereocenters. The second kappa shape index (κ2) is 9.79. The van der Waals surface area contributed by atoms with Crippen LogP contribution in [0, 0.1) is 46.3 Å². The van der Waals surface area contributed by atoms with Gasteiger partial charge in [-0.15, -0.1) is 0 Å². The standard InChI is InChI=1S/C28H46O3/c1-19(2)10-9-11-20(3)22-13-14-23-21(18-26(30)31-6)24(15-17-27(22,23)4)28(5)16-8-7-12-25(28)29/h7,12,19-24H,8-11,13-18H2,1-6H3. The van der Waals surface area contributed by atoms with Crippen LogP contribution in [-0.4, -0.2) is 18.9 Å². The molecule has 31 heavy (non-hydrogen) atoms. The van der Waals surface area contributed by atoms with Gasteiger partial charge < -0.3 is 4.74 Å². The number of hydrogen-bond donors (Lipinski definition) is 0. The summed E-state index contributed by atoms with van der Waals surface area (Å²) in [6.45, 7) is 11.8. The Hall–Kier alpha value is -1.12. The van der Waals surface area contributed by atoms with Crippen LogP contribution in [-0.2, 0) is 14.3 Å². The fraction of sp³-hybridized carbons (Fsp3) is 0.857. The van der Waals surface area contributed by atoms with Crippen LogP contribution in [0.3, 0.4) is 0 Å². The summed E-state index contributed by atoms with van der Waals surface area (Å²) in [7, 11) is 1.50. The lowest BCUT2D eigenvalue weighted by Crippen LogP contribution is -2.50. The van der Waals surface area contributed by atoms with Gasteiger partial charge in [0.1, 0.15) is 0 Å². The van der Waals surface area contributed by atoms with Gasteiger partial charge in [0.05, 0.1) is 7.11 Å². The van der Waals surface area contributed by atoms with E-state index in [1.807, 2.05) is 6.08 Å². The Morgan fingerprint density at radius 2 is 1.84 bits per heavy atom. The summed E-state index contributed by atoms with van der Waals surface area (Å²) in [5.41, 5.74) is -0.0356. The Morgan fingerprint density at radius 1 is 1.10 bits per heavy atom. The van der Waals surface area contributed by atoms with E-state index in [2.05, 4.69) is 34.6 Å². The highest BCUT2D eigenvalue weighted by Crippen LogP contribution is 2.64. The number of ether oxygens (including phenoxy) is 1. The second-order valence-electron chi connectivity index (χ2n) is 11.9. The number of carbonyl (C=O) groups excluding carboxylic acids is 2. The van der Waals surface area contributed by atoms with E-state index in [9.17, 15) is 9.59 Å². The van der Waals surface area contributed by atoms with Crippen molar-refractivity contribution in [2.24, 2.45) is 46.3 Å². The summed E-state index contributed by atoms with van der Waals surface area (Å²) >= 11 is 0. The molecule has 0 aromatic carbocycles. The van der Waals surface area contributed by atoms with Gasteiger partial charge in [-0.1, -0.05) is 60.0 Å². The van der Waals surface area contributed by atoms with E-state index in [0.29, 0.717) is 12.3 Å². The molecule has 0 amide bonds. The molecular weight excluding hydrogens is 384 g/mol. The first kappa shape index (κ1) is 24.5. The zero-order valence-electron chi connectivity index (χ0n) is 20.9. The smallest absolute Gasteiger partial charge is 0.305 e. The number of allylic oxidation sites excluding steroid dienone is 2. The molecule has 0 radical (unpaired) electrons. The van der Waals surface area contributed by atoms with Gasteiger partial charge in [0.15, 0.2) is 5.78 Å². The van der Waals surface area contributed by atoms with Gasteiger partial charge in [-0.2, -0.15) is 0 Å². The first-order chi connectivity index (χ1) is 14.6. The zero-order valence-corrected chi connectivity index (χ0v) is 20.9. The Labute approximate surface area is 190 Å². The van der Waals surface area contributed by atoms with Gasteiger partial charge in [0.2, 0.25) is 0 Å². The molecule has 0 N–H and O–H groups in total. The van der Waals surface area contributed by atoms with Crippen molar-refractivity contribution in [1.29, 1.82) is 0 Å². The number of fused-ring (bicyclic) bond motifs is 1. The van der Waals surface area contributed by atoms with E-state index >= 15 is 0 Å². The summed E-state index contributed by atoms with van der Waals surface area (Å²) in [5.74, 6) is 3.50. The van der Waals surface area contributed by atoms with Gasteiger partial charge in [0, 0.05) is 11.8 Å². The molecule has 7 unspecified atom stereocenters. The van der Waals surface area contributed by atoms with Crippen molar-refractivity contribution >= 4 is 11.8 Å². The second-order valence-corrected chi connectivity index (χ2v) is 11.9. The van der Waals surface area contributed by atoms with Crippen LogP contribution < -0.4 is 0 Å². The van der Waals surface area contributed by atoms with Crippen LogP contribution in [0.4, 0.5) is 0 Å². The largest absolute Gasteiger partial charge is 0.469 e. The number of hydrogen-bond acceptors (Lipinski definition) is 3. The minimum Gasteiger partial charge on any atom is -0.469 e. The van der Waals surface area contributed by atoms with Crippen LogP contribution >= 0.6 is 0 Å². The van der Waals surface area contributed by atoms with Gasteiger partial charge in [-0.25, -0.2) is 0 Å². The van der Waals surface area contributed by atoms with E-state index < -0.39 is 0 Å². The Morgan fingerprint density at radius 3 is 2.48 bits per heavy atom. The minimum absolute atomic E-state index is 0.102. The molecule has 3 nitrogen and oxygen atoms in total. The van der Waals surface area contributed by atoms with Crippen molar-refractivity contribution in [3.63, 3.8) is 0 Å².